The van der Waals surface area contributed by atoms with E-state index in [1.807, 2.05) is 17.8 Å². The van der Waals surface area contributed by atoms with Crippen molar-refractivity contribution in [2.75, 3.05) is 5.32 Å². The molecule has 0 spiro atoms. The molecule has 156 valence electrons. The van der Waals surface area contributed by atoms with Gasteiger partial charge in [0.15, 0.2) is 0 Å². The Labute approximate surface area is 174 Å². The molecule has 3 aromatic rings. The number of ether oxygens (including phenoxy) is 1. The predicted octanol–water partition coefficient (Wildman–Crippen LogP) is 4.22. The van der Waals surface area contributed by atoms with Crippen LogP contribution in [0, 0.1) is 6.92 Å². The van der Waals surface area contributed by atoms with E-state index in [1.54, 1.807) is 36.7 Å². The number of rotatable bonds is 5. The zero-order valence-corrected chi connectivity index (χ0v) is 17.2. The summed E-state index contributed by atoms with van der Waals surface area (Å²) in [5.41, 5.74) is 2.94. The first-order valence-electron chi connectivity index (χ1n) is 10.0. The van der Waals surface area contributed by atoms with Gasteiger partial charge in [0.05, 0.1) is 41.4 Å². The van der Waals surface area contributed by atoms with Crippen LogP contribution in [0.2, 0.25) is 0 Å². The fraction of sp³-hybridized carbons (Fsp3) is 0.364. The number of nitrogens with one attached hydrogen (secondary N) is 1. The lowest BCUT2D eigenvalue weighted by Gasteiger charge is -2.32. The SMILES string of the molecule is Cc1cnc(Nc2cnn(C3CC(C)OC(C)C3)c2)nc1-c1ccccc1C(=O)O. The van der Waals surface area contributed by atoms with Crippen molar-refractivity contribution in [3.63, 3.8) is 0 Å². The molecule has 1 fully saturated rings. The number of carboxylic acids is 1. The Hall–Kier alpha value is -3.26. The molecule has 4 rings (SSSR count). The monoisotopic (exact) mass is 407 g/mol. The third kappa shape index (κ3) is 4.18. The second-order valence-electron chi connectivity index (χ2n) is 7.79. The molecule has 0 radical (unpaired) electrons. The number of aromatic nitrogens is 4. The van der Waals surface area contributed by atoms with Crippen molar-refractivity contribution < 1.29 is 14.6 Å². The van der Waals surface area contributed by atoms with Crippen molar-refractivity contribution in [2.24, 2.45) is 0 Å². The third-order valence-corrected chi connectivity index (χ3v) is 5.29. The van der Waals surface area contributed by atoms with Gasteiger partial charge in [0, 0.05) is 18.0 Å². The molecule has 3 heterocycles. The maximum atomic E-state index is 11.6. The number of carbonyl (C=O) groups is 1. The zero-order chi connectivity index (χ0) is 21.3. The van der Waals surface area contributed by atoms with Gasteiger partial charge < -0.3 is 15.2 Å². The first-order chi connectivity index (χ1) is 14.4. The van der Waals surface area contributed by atoms with E-state index in [0.29, 0.717) is 17.2 Å². The van der Waals surface area contributed by atoms with Gasteiger partial charge in [-0.05, 0) is 45.2 Å². The molecule has 2 unspecified atom stereocenters. The van der Waals surface area contributed by atoms with Crippen LogP contribution in [0.5, 0.6) is 0 Å². The highest BCUT2D eigenvalue weighted by molar-refractivity contribution is 5.95. The van der Waals surface area contributed by atoms with Gasteiger partial charge in [-0.15, -0.1) is 0 Å². The number of aromatic carboxylic acids is 1. The number of hydrogen-bond donors (Lipinski definition) is 2. The molecular weight excluding hydrogens is 382 g/mol. The van der Waals surface area contributed by atoms with Gasteiger partial charge in [-0.3, -0.25) is 4.68 Å². The highest BCUT2D eigenvalue weighted by atomic mass is 16.5. The van der Waals surface area contributed by atoms with Gasteiger partial charge in [-0.25, -0.2) is 14.8 Å². The fourth-order valence-electron chi connectivity index (χ4n) is 3.97. The van der Waals surface area contributed by atoms with Crippen molar-refractivity contribution in [3.8, 4) is 11.3 Å². The van der Waals surface area contributed by atoms with E-state index >= 15 is 0 Å². The van der Waals surface area contributed by atoms with Gasteiger partial charge in [0.1, 0.15) is 0 Å². The van der Waals surface area contributed by atoms with E-state index in [4.69, 9.17) is 4.74 Å². The minimum Gasteiger partial charge on any atom is -0.478 e. The summed E-state index contributed by atoms with van der Waals surface area (Å²) in [6.45, 7) is 6.03. The third-order valence-electron chi connectivity index (χ3n) is 5.29. The summed E-state index contributed by atoms with van der Waals surface area (Å²) in [6, 6.07) is 7.13. The molecule has 0 saturated carbocycles. The number of anilines is 2. The van der Waals surface area contributed by atoms with Gasteiger partial charge in [-0.2, -0.15) is 5.10 Å². The molecule has 1 aliphatic rings. The highest BCUT2D eigenvalue weighted by Gasteiger charge is 2.26. The van der Waals surface area contributed by atoms with Crippen LogP contribution in [0.1, 0.15) is 48.7 Å². The minimum atomic E-state index is -0.987. The lowest BCUT2D eigenvalue weighted by atomic mass is 10.0. The molecule has 2 atom stereocenters. The second-order valence-corrected chi connectivity index (χ2v) is 7.79. The maximum absolute atomic E-state index is 11.6. The molecule has 2 aromatic heterocycles. The number of hydrogen-bond acceptors (Lipinski definition) is 6. The standard InChI is InChI=1S/C22H25N5O3/c1-13-10-23-22(26-20(13)18-6-4-5-7-19(18)21(28)29)25-16-11-24-27(12-16)17-8-14(2)30-15(3)9-17/h4-7,10-12,14-15,17H,8-9H2,1-3H3,(H,28,29)(H,23,25,26). The van der Waals surface area contributed by atoms with Crippen molar-refractivity contribution in [3.05, 3.63) is 54.0 Å². The van der Waals surface area contributed by atoms with Gasteiger partial charge in [0.2, 0.25) is 5.95 Å². The molecule has 0 aliphatic carbocycles. The summed E-state index contributed by atoms with van der Waals surface area (Å²) in [6.07, 6.45) is 7.64. The molecule has 2 N–H and O–H groups in total. The summed E-state index contributed by atoms with van der Waals surface area (Å²) < 4.78 is 7.78. The van der Waals surface area contributed by atoms with E-state index in [1.165, 1.54) is 0 Å². The van der Waals surface area contributed by atoms with E-state index in [9.17, 15) is 9.90 Å². The lowest BCUT2D eigenvalue weighted by Crippen LogP contribution is -2.31. The zero-order valence-electron chi connectivity index (χ0n) is 17.2. The number of nitrogens with zero attached hydrogens (tertiary/aromatic N) is 4. The molecule has 8 heteroatoms. The number of carboxylic acid groups (broad SMARTS) is 1. The van der Waals surface area contributed by atoms with Crippen molar-refractivity contribution in [2.45, 2.75) is 51.9 Å². The predicted molar refractivity (Wildman–Crippen MR) is 113 cm³/mol. The number of aryl methyl sites for hydroxylation is 1. The van der Waals surface area contributed by atoms with Gasteiger partial charge in [0.25, 0.3) is 0 Å². The van der Waals surface area contributed by atoms with Crippen LogP contribution in [0.4, 0.5) is 11.6 Å². The number of benzene rings is 1. The highest BCUT2D eigenvalue weighted by Crippen LogP contribution is 2.30. The normalized spacial score (nSPS) is 21.4. The van der Waals surface area contributed by atoms with Crippen LogP contribution in [0.3, 0.4) is 0 Å². The Bertz CT molecular complexity index is 1050. The summed E-state index contributed by atoms with van der Waals surface area (Å²) in [5.74, 6) is -0.594. The Morgan fingerprint density at radius 2 is 1.93 bits per heavy atom. The molecule has 30 heavy (non-hydrogen) atoms. The minimum absolute atomic E-state index is 0.205. The van der Waals surface area contributed by atoms with Crippen molar-refractivity contribution in [1.82, 2.24) is 19.7 Å². The topological polar surface area (TPSA) is 102 Å². The molecule has 1 aliphatic heterocycles. The maximum Gasteiger partial charge on any atom is 0.336 e. The Kier molecular flexibility index (Phi) is 5.50. The summed E-state index contributed by atoms with van der Waals surface area (Å²) >= 11 is 0. The second kappa shape index (κ2) is 8.23. The first-order valence-corrected chi connectivity index (χ1v) is 10.0. The largest absolute Gasteiger partial charge is 0.478 e. The molecule has 0 amide bonds. The Morgan fingerprint density at radius 3 is 2.67 bits per heavy atom. The van der Waals surface area contributed by atoms with Crippen LogP contribution < -0.4 is 5.32 Å². The van der Waals surface area contributed by atoms with Crippen LogP contribution >= 0.6 is 0 Å². The van der Waals surface area contributed by atoms with E-state index < -0.39 is 5.97 Å². The van der Waals surface area contributed by atoms with Crippen molar-refractivity contribution >= 4 is 17.6 Å². The molecule has 0 bridgehead atoms. The van der Waals surface area contributed by atoms with Gasteiger partial charge >= 0.3 is 5.97 Å². The van der Waals surface area contributed by atoms with E-state index in [0.717, 1.165) is 24.1 Å². The van der Waals surface area contributed by atoms with Gasteiger partial charge in [-0.1, -0.05) is 18.2 Å². The summed E-state index contributed by atoms with van der Waals surface area (Å²) in [5, 5.41) is 17.2. The van der Waals surface area contributed by atoms with Crippen LogP contribution in [-0.4, -0.2) is 43.0 Å². The van der Waals surface area contributed by atoms with Crippen LogP contribution in [-0.2, 0) is 4.74 Å². The van der Waals surface area contributed by atoms with Crippen molar-refractivity contribution in [1.29, 1.82) is 0 Å². The lowest BCUT2D eigenvalue weighted by molar-refractivity contribution is -0.0506. The Balaban J connectivity index is 1.58. The molecule has 8 nitrogen and oxygen atoms in total. The fourth-order valence-corrected chi connectivity index (χ4v) is 3.97. The average Bonchev–Trinajstić information content (AvgIpc) is 3.17. The molecular formula is C22H25N5O3. The quantitative estimate of drug-likeness (QED) is 0.653. The Morgan fingerprint density at radius 1 is 1.20 bits per heavy atom. The summed E-state index contributed by atoms with van der Waals surface area (Å²) in [7, 11) is 0. The average molecular weight is 407 g/mol. The smallest absolute Gasteiger partial charge is 0.336 e. The van der Waals surface area contributed by atoms with E-state index in [-0.39, 0.29) is 23.8 Å². The van der Waals surface area contributed by atoms with Crippen LogP contribution in [0.25, 0.3) is 11.3 Å². The molecule has 1 saturated heterocycles. The molecule has 1 aromatic carbocycles. The van der Waals surface area contributed by atoms with E-state index in [2.05, 4.69) is 34.2 Å². The first kappa shape index (κ1) is 20.0. The van der Waals surface area contributed by atoms with Crippen LogP contribution in [0.15, 0.2) is 42.9 Å². The summed E-state index contributed by atoms with van der Waals surface area (Å²) in [4.78, 5) is 20.5.